The van der Waals surface area contributed by atoms with Gasteiger partial charge in [-0.1, -0.05) is 0 Å². The minimum Gasteiger partial charge on any atom is -0.548 e. The molecule has 0 aromatic heterocycles. The zero-order valence-electron chi connectivity index (χ0n) is 6.70. The molecule has 5 heteroatoms. The Morgan fingerprint density at radius 1 is 1.64 bits per heavy atom. The topological polar surface area (TPSA) is 66.2 Å². The second-order valence-corrected chi connectivity index (χ2v) is 4.78. The van der Waals surface area contributed by atoms with Gasteiger partial charge < -0.3 is 15.6 Å². The van der Waals surface area contributed by atoms with Crippen LogP contribution in [0.5, 0.6) is 0 Å². The van der Waals surface area contributed by atoms with E-state index in [1.54, 1.807) is 0 Å². The Labute approximate surface area is 87.1 Å². The Bertz CT molecular complexity index is 121. The first-order valence-electron chi connectivity index (χ1n) is 3.04. The van der Waals surface area contributed by atoms with Gasteiger partial charge in [0.15, 0.2) is 0 Å². The molecule has 0 radical (unpaired) electrons. The van der Waals surface area contributed by atoms with Gasteiger partial charge >= 0.3 is 0 Å². The molecule has 0 rings (SSSR count). The molecule has 0 saturated heterocycles. The third kappa shape index (κ3) is 8.42. The van der Waals surface area contributed by atoms with Crippen molar-refractivity contribution in [1.29, 1.82) is 0 Å². The molecule has 0 aliphatic carbocycles. The molecule has 1 atom stereocenters. The summed E-state index contributed by atoms with van der Waals surface area (Å²) in [5.74, 6) is -0.278. The number of carbonyl (C=O) groups excluding carboxylic acids is 1. The van der Waals surface area contributed by atoms with E-state index in [4.69, 9.17) is 5.73 Å². The van der Waals surface area contributed by atoms with Crippen molar-refractivity contribution in [3.8, 4) is 0 Å². The highest BCUT2D eigenvalue weighted by Crippen LogP contribution is 1.92. The van der Waals surface area contributed by atoms with Crippen LogP contribution in [0.1, 0.15) is 6.42 Å². The molecular weight excluding hydrogens is 277 g/mol. The van der Waals surface area contributed by atoms with Crippen molar-refractivity contribution in [2.24, 2.45) is 5.73 Å². The van der Waals surface area contributed by atoms with E-state index in [9.17, 15) is 9.90 Å². The minimum absolute atomic E-state index is 0. The number of halogens is 1. The molecular formula is C6H14INO2S. The summed E-state index contributed by atoms with van der Waals surface area (Å²) in [6.07, 6.45) is 4.64. The summed E-state index contributed by atoms with van der Waals surface area (Å²) in [5, 5.41) is 10.1. The summed E-state index contributed by atoms with van der Waals surface area (Å²) in [4.78, 5) is 10.1. The predicted molar refractivity (Wildman–Crippen MR) is 57.1 cm³/mol. The van der Waals surface area contributed by atoms with Crippen LogP contribution in [0, 0.1) is 0 Å². The lowest BCUT2D eigenvalue weighted by atomic mass is 10.2. The fraction of sp³-hybridized carbons (Fsp3) is 0.833. The van der Waals surface area contributed by atoms with Crippen LogP contribution in [0.25, 0.3) is 0 Å². The number of hydrogen-bond acceptors (Lipinski definition) is 3. The van der Waals surface area contributed by atoms with Gasteiger partial charge in [-0.25, -0.2) is 0 Å². The van der Waals surface area contributed by atoms with Crippen molar-refractivity contribution in [2.45, 2.75) is 12.5 Å². The number of carboxylic acids is 1. The second kappa shape index (κ2) is 7.17. The predicted octanol–water partition coefficient (Wildman–Crippen LogP) is -1.05. The van der Waals surface area contributed by atoms with E-state index in [-0.39, 0.29) is 34.9 Å². The maximum absolute atomic E-state index is 10.1. The van der Waals surface area contributed by atoms with Crippen molar-refractivity contribution in [3.63, 3.8) is 0 Å². The molecule has 2 N–H and O–H groups in total. The Balaban J connectivity index is 0. The van der Waals surface area contributed by atoms with Crippen LogP contribution in [0.4, 0.5) is 0 Å². The lowest BCUT2D eigenvalue weighted by Gasteiger charge is -2.09. The van der Waals surface area contributed by atoms with Gasteiger partial charge in [-0.2, -0.15) is 0 Å². The lowest BCUT2D eigenvalue weighted by molar-refractivity contribution is -0.307. The van der Waals surface area contributed by atoms with Crippen LogP contribution in [0.15, 0.2) is 0 Å². The van der Waals surface area contributed by atoms with Gasteiger partial charge in [0.1, 0.15) is 5.75 Å². The SMILES string of the molecule is C[S+](C)CC[C@@H](N)C(=O)[O-].I. The van der Waals surface area contributed by atoms with Gasteiger partial charge in [-0.05, 0) is 10.9 Å². The fourth-order valence-corrected chi connectivity index (χ4v) is 1.21. The number of carbonyl (C=O) groups is 1. The molecule has 0 aliphatic rings. The molecule has 0 heterocycles. The van der Waals surface area contributed by atoms with Crippen molar-refractivity contribution in [1.82, 2.24) is 0 Å². The minimum atomic E-state index is -1.15. The van der Waals surface area contributed by atoms with E-state index >= 15 is 0 Å². The molecule has 0 fully saturated rings. The van der Waals surface area contributed by atoms with E-state index in [1.165, 1.54) is 0 Å². The van der Waals surface area contributed by atoms with Crippen LogP contribution in [-0.4, -0.2) is 30.3 Å². The molecule has 11 heavy (non-hydrogen) atoms. The maximum atomic E-state index is 10.1. The zero-order chi connectivity index (χ0) is 8.15. The summed E-state index contributed by atoms with van der Waals surface area (Å²) in [6.45, 7) is 0. The van der Waals surface area contributed by atoms with Gasteiger partial charge in [0.05, 0.1) is 18.5 Å². The van der Waals surface area contributed by atoms with Crippen LogP contribution in [0.2, 0.25) is 0 Å². The standard InChI is InChI=1S/C6H13NO2S.HI/c1-10(2)4-3-5(7)6(8)9;/h5H,3-4,7H2,1-2H3;1H/t5-;/m1./s1. The Morgan fingerprint density at radius 3 is 2.36 bits per heavy atom. The van der Waals surface area contributed by atoms with Crippen LogP contribution in [-0.2, 0) is 15.7 Å². The van der Waals surface area contributed by atoms with Crippen molar-refractivity contribution < 1.29 is 9.90 Å². The highest BCUT2D eigenvalue weighted by molar-refractivity contribution is 14.0. The van der Waals surface area contributed by atoms with Crippen LogP contribution >= 0.6 is 24.0 Å². The summed E-state index contributed by atoms with van der Waals surface area (Å²) >= 11 is 0. The highest BCUT2D eigenvalue weighted by atomic mass is 127. The largest absolute Gasteiger partial charge is 0.548 e. The van der Waals surface area contributed by atoms with Crippen LogP contribution in [0.3, 0.4) is 0 Å². The molecule has 0 aliphatic heterocycles. The quantitative estimate of drug-likeness (QED) is 0.531. The van der Waals surface area contributed by atoms with Gasteiger partial charge in [0.25, 0.3) is 0 Å². The average molecular weight is 291 g/mol. The molecule has 0 spiro atoms. The number of aliphatic carboxylic acids is 1. The smallest absolute Gasteiger partial charge is 0.109 e. The molecule has 0 amide bonds. The molecule has 0 bridgehead atoms. The summed E-state index contributed by atoms with van der Waals surface area (Å²) < 4.78 is 0. The van der Waals surface area contributed by atoms with Crippen molar-refractivity contribution in [3.05, 3.63) is 0 Å². The Morgan fingerprint density at radius 2 is 2.09 bits per heavy atom. The first-order valence-corrected chi connectivity index (χ1v) is 5.25. The summed E-state index contributed by atoms with van der Waals surface area (Å²) in [7, 11) is 0.276. The third-order valence-electron chi connectivity index (χ3n) is 1.14. The normalized spacial score (nSPS) is 12.4. The first-order chi connectivity index (χ1) is 4.54. The summed E-state index contributed by atoms with van der Waals surface area (Å²) in [5.41, 5.74) is 5.21. The highest BCUT2D eigenvalue weighted by Gasteiger charge is 2.08. The number of carboxylic acid groups (broad SMARTS) is 1. The molecule has 0 aromatic carbocycles. The Hall–Kier alpha value is 0.510. The number of hydrogen-bond donors (Lipinski definition) is 1. The lowest BCUT2D eigenvalue weighted by Crippen LogP contribution is -2.42. The van der Waals surface area contributed by atoms with E-state index in [0.29, 0.717) is 6.42 Å². The van der Waals surface area contributed by atoms with Gasteiger partial charge in [0.2, 0.25) is 0 Å². The number of rotatable bonds is 4. The first kappa shape index (κ1) is 14.1. The van der Waals surface area contributed by atoms with Crippen LogP contribution < -0.4 is 10.8 Å². The third-order valence-corrected chi connectivity index (χ3v) is 2.19. The monoisotopic (exact) mass is 291 g/mol. The molecule has 3 nitrogen and oxygen atoms in total. The van der Waals surface area contributed by atoms with Gasteiger partial charge in [0, 0.05) is 12.5 Å². The molecule has 0 saturated carbocycles. The zero-order valence-corrected chi connectivity index (χ0v) is 9.85. The molecule has 0 aromatic rings. The van der Waals surface area contributed by atoms with Gasteiger partial charge in [-0.3, -0.25) is 0 Å². The van der Waals surface area contributed by atoms with E-state index < -0.39 is 12.0 Å². The molecule has 68 valence electrons. The van der Waals surface area contributed by atoms with E-state index in [0.717, 1.165) is 5.75 Å². The van der Waals surface area contributed by atoms with Crippen molar-refractivity contribution in [2.75, 3.05) is 18.3 Å². The Kier molecular flexibility index (Phi) is 9.17. The number of nitrogens with two attached hydrogens (primary N) is 1. The van der Waals surface area contributed by atoms with E-state index in [1.807, 2.05) is 0 Å². The maximum Gasteiger partial charge on any atom is 0.109 e. The van der Waals surface area contributed by atoms with Crippen molar-refractivity contribution >= 4 is 40.8 Å². The van der Waals surface area contributed by atoms with Gasteiger partial charge in [-0.15, -0.1) is 24.0 Å². The average Bonchev–Trinajstić information content (AvgIpc) is 1.82. The van der Waals surface area contributed by atoms with E-state index in [2.05, 4.69) is 12.5 Å². The summed E-state index contributed by atoms with van der Waals surface area (Å²) in [6, 6.07) is -0.783. The fourth-order valence-electron chi connectivity index (χ4n) is 0.481. The second-order valence-electron chi connectivity index (χ2n) is 2.40. The molecule has 0 unspecified atom stereocenters.